The third kappa shape index (κ3) is 3.76. The lowest BCUT2D eigenvalue weighted by atomic mass is 10.2. The van der Waals surface area contributed by atoms with Crippen LogP contribution in [0.4, 0.5) is 19.0 Å². The number of hydrogen-bond donors (Lipinski definition) is 2. The van der Waals surface area contributed by atoms with Gasteiger partial charge in [-0.25, -0.2) is 9.78 Å². The monoisotopic (exact) mass is 234 g/mol. The molecule has 0 aliphatic heterocycles. The van der Waals surface area contributed by atoms with Crippen molar-refractivity contribution in [3.8, 4) is 0 Å². The van der Waals surface area contributed by atoms with Gasteiger partial charge in [-0.1, -0.05) is 0 Å². The van der Waals surface area contributed by atoms with Gasteiger partial charge in [0.2, 0.25) is 0 Å². The predicted molar refractivity (Wildman–Crippen MR) is 50.4 cm³/mol. The summed E-state index contributed by atoms with van der Waals surface area (Å²) in [6, 6.07) is 2.67. The first-order valence-electron chi connectivity index (χ1n) is 4.39. The summed E-state index contributed by atoms with van der Waals surface area (Å²) in [6.45, 7) is -0.402. The van der Waals surface area contributed by atoms with Crippen LogP contribution < -0.4 is 5.32 Å². The molecule has 1 aromatic rings. The fourth-order valence-electron chi connectivity index (χ4n) is 1.04. The van der Waals surface area contributed by atoms with Gasteiger partial charge in [0.05, 0.1) is 6.42 Å². The fraction of sp³-hybridized carbons (Fsp3) is 0.333. The van der Waals surface area contributed by atoms with E-state index < -0.39 is 25.1 Å². The molecule has 0 aliphatic carbocycles. The number of anilines is 1. The summed E-state index contributed by atoms with van der Waals surface area (Å²) in [5.41, 5.74) is -0.148. The van der Waals surface area contributed by atoms with Crippen LogP contribution in [0, 0.1) is 0 Å². The Morgan fingerprint density at radius 1 is 1.50 bits per heavy atom. The molecule has 7 heteroatoms. The van der Waals surface area contributed by atoms with E-state index in [-0.39, 0.29) is 11.4 Å². The second-order valence-corrected chi connectivity index (χ2v) is 3.00. The molecule has 0 amide bonds. The van der Waals surface area contributed by atoms with Crippen molar-refractivity contribution >= 4 is 11.8 Å². The summed E-state index contributed by atoms with van der Waals surface area (Å²) in [5.74, 6) is -1.29. The number of aromatic carboxylic acids is 1. The Bertz CT molecular complexity index is 379. The lowest BCUT2D eigenvalue weighted by Gasteiger charge is -2.09. The molecular weight excluding hydrogens is 225 g/mol. The summed E-state index contributed by atoms with van der Waals surface area (Å²) < 4.78 is 35.5. The Morgan fingerprint density at radius 3 is 2.75 bits per heavy atom. The highest BCUT2D eigenvalue weighted by Gasteiger charge is 2.26. The maximum absolute atomic E-state index is 11.8. The Labute approximate surface area is 89.1 Å². The topological polar surface area (TPSA) is 62.2 Å². The number of alkyl halides is 3. The second-order valence-electron chi connectivity index (χ2n) is 3.00. The van der Waals surface area contributed by atoms with Gasteiger partial charge in [0, 0.05) is 12.7 Å². The van der Waals surface area contributed by atoms with Crippen LogP contribution in [0.25, 0.3) is 0 Å². The molecule has 88 valence electrons. The molecule has 1 heterocycles. The van der Waals surface area contributed by atoms with E-state index in [1.54, 1.807) is 0 Å². The summed E-state index contributed by atoms with van der Waals surface area (Å²) >= 11 is 0. The quantitative estimate of drug-likeness (QED) is 0.837. The highest BCUT2D eigenvalue weighted by Crippen LogP contribution is 2.19. The van der Waals surface area contributed by atoms with Gasteiger partial charge in [-0.2, -0.15) is 13.2 Å². The number of rotatable bonds is 4. The van der Waals surface area contributed by atoms with Crippen LogP contribution in [0.2, 0.25) is 0 Å². The number of carboxylic acids is 1. The molecule has 0 radical (unpaired) electrons. The highest BCUT2D eigenvalue weighted by molar-refractivity contribution is 5.92. The van der Waals surface area contributed by atoms with Gasteiger partial charge in [-0.05, 0) is 12.1 Å². The average Bonchev–Trinajstić information content (AvgIpc) is 2.16. The van der Waals surface area contributed by atoms with Crippen molar-refractivity contribution in [1.82, 2.24) is 4.98 Å². The van der Waals surface area contributed by atoms with Crippen molar-refractivity contribution in [2.45, 2.75) is 12.6 Å². The van der Waals surface area contributed by atoms with Gasteiger partial charge < -0.3 is 10.4 Å². The lowest BCUT2D eigenvalue weighted by molar-refractivity contribution is -0.131. The Kier molecular flexibility index (Phi) is 3.70. The minimum Gasteiger partial charge on any atom is -0.478 e. The first-order valence-corrected chi connectivity index (χ1v) is 4.39. The molecule has 0 bridgehead atoms. The van der Waals surface area contributed by atoms with E-state index in [1.807, 2.05) is 0 Å². The van der Waals surface area contributed by atoms with Crippen LogP contribution in [0.5, 0.6) is 0 Å². The molecule has 4 nitrogen and oxygen atoms in total. The van der Waals surface area contributed by atoms with Crippen molar-refractivity contribution in [3.05, 3.63) is 23.9 Å². The Hall–Kier alpha value is -1.79. The molecular formula is C9H9F3N2O2. The first kappa shape index (κ1) is 12.3. The van der Waals surface area contributed by atoms with Crippen LogP contribution in [0.1, 0.15) is 16.8 Å². The molecule has 16 heavy (non-hydrogen) atoms. The zero-order valence-corrected chi connectivity index (χ0v) is 8.08. The van der Waals surface area contributed by atoms with Gasteiger partial charge >= 0.3 is 12.1 Å². The highest BCUT2D eigenvalue weighted by atomic mass is 19.4. The number of carboxylic acid groups (broad SMARTS) is 1. The Balaban J connectivity index is 2.64. The molecule has 0 spiro atoms. The van der Waals surface area contributed by atoms with Crippen molar-refractivity contribution in [1.29, 1.82) is 0 Å². The van der Waals surface area contributed by atoms with E-state index in [2.05, 4.69) is 10.3 Å². The minimum absolute atomic E-state index is 0.0562. The third-order valence-corrected chi connectivity index (χ3v) is 1.74. The smallest absolute Gasteiger partial charge is 0.390 e. The van der Waals surface area contributed by atoms with E-state index in [4.69, 9.17) is 5.11 Å². The van der Waals surface area contributed by atoms with E-state index in [9.17, 15) is 18.0 Å². The van der Waals surface area contributed by atoms with Gasteiger partial charge in [0.25, 0.3) is 0 Å². The maximum atomic E-state index is 11.8. The lowest BCUT2D eigenvalue weighted by Crippen LogP contribution is -2.16. The number of pyridine rings is 1. The molecule has 0 aliphatic rings. The number of hydrogen-bond acceptors (Lipinski definition) is 3. The minimum atomic E-state index is -4.27. The number of nitrogens with zero attached hydrogens (tertiary/aromatic N) is 1. The largest absolute Gasteiger partial charge is 0.478 e. The van der Waals surface area contributed by atoms with Gasteiger partial charge in [0.1, 0.15) is 11.4 Å². The summed E-state index contributed by atoms with van der Waals surface area (Å²) in [4.78, 5) is 14.3. The average molecular weight is 234 g/mol. The normalized spacial score (nSPS) is 11.2. The maximum Gasteiger partial charge on any atom is 0.390 e. The summed E-state index contributed by atoms with van der Waals surface area (Å²) in [6.07, 6.45) is -4.00. The first-order chi connectivity index (χ1) is 7.40. The van der Waals surface area contributed by atoms with Crippen molar-refractivity contribution in [2.24, 2.45) is 0 Å². The zero-order valence-electron chi connectivity index (χ0n) is 8.08. The summed E-state index contributed by atoms with van der Waals surface area (Å²) in [5, 5.41) is 11.1. The number of aromatic nitrogens is 1. The molecule has 0 unspecified atom stereocenters. The van der Waals surface area contributed by atoms with Crippen molar-refractivity contribution in [3.63, 3.8) is 0 Å². The SMILES string of the molecule is O=C(O)c1cccnc1NCCC(F)(F)F. The van der Waals surface area contributed by atoms with E-state index in [0.717, 1.165) is 0 Å². The van der Waals surface area contributed by atoms with Gasteiger partial charge in [0.15, 0.2) is 0 Å². The second kappa shape index (κ2) is 4.82. The number of carbonyl (C=O) groups is 1. The molecule has 1 aromatic heterocycles. The summed E-state index contributed by atoms with van der Waals surface area (Å²) in [7, 11) is 0. The Morgan fingerprint density at radius 2 is 2.19 bits per heavy atom. The fourth-order valence-corrected chi connectivity index (χ4v) is 1.04. The van der Waals surface area contributed by atoms with Gasteiger partial charge in [-0.3, -0.25) is 0 Å². The number of nitrogens with one attached hydrogen (secondary N) is 1. The van der Waals surface area contributed by atoms with Crippen LogP contribution in [-0.4, -0.2) is 28.8 Å². The molecule has 0 saturated carbocycles. The van der Waals surface area contributed by atoms with E-state index in [0.29, 0.717) is 0 Å². The number of halogens is 3. The van der Waals surface area contributed by atoms with Crippen LogP contribution in [0.3, 0.4) is 0 Å². The van der Waals surface area contributed by atoms with Crippen molar-refractivity contribution in [2.75, 3.05) is 11.9 Å². The molecule has 0 fully saturated rings. The molecule has 1 rings (SSSR count). The van der Waals surface area contributed by atoms with E-state index >= 15 is 0 Å². The molecule has 0 saturated heterocycles. The van der Waals surface area contributed by atoms with Gasteiger partial charge in [-0.15, -0.1) is 0 Å². The predicted octanol–water partition coefficient (Wildman–Crippen LogP) is 2.14. The van der Waals surface area contributed by atoms with Crippen LogP contribution in [0.15, 0.2) is 18.3 Å². The molecule has 2 N–H and O–H groups in total. The molecule has 0 aromatic carbocycles. The van der Waals surface area contributed by atoms with Crippen LogP contribution >= 0.6 is 0 Å². The molecule has 0 atom stereocenters. The van der Waals surface area contributed by atoms with Crippen LogP contribution in [-0.2, 0) is 0 Å². The standard InChI is InChI=1S/C9H9F3N2O2/c10-9(11,12)3-5-14-7-6(8(15)16)2-1-4-13-7/h1-2,4H,3,5H2,(H,13,14)(H,15,16). The third-order valence-electron chi connectivity index (χ3n) is 1.74. The van der Waals surface area contributed by atoms with E-state index in [1.165, 1.54) is 18.3 Å². The zero-order chi connectivity index (χ0) is 12.2. The van der Waals surface area contributed by atoms with Crippen molar-refractivity contribution < 1.29 is 23.1 Å².